The molecule has 0 aliphatic carbocycles. The van der Waals surface area contributed by atoms with Gasteiger partial charge in [0.1, 0.15) is 6.61 Å². The summed E-state index contributed by atoms with van der Waals surface area (Å²) in [7, 11) is 0. The molecule has 0 aromatic heterocycles. The zero-order valence-electron chi connectivity index (χ0n) is 45.0. The van der Waals surface area contributed by atoms with Crippen molar-refractivity contribution in [2.45, 2.75) is 335 Å². The van der Waals surface area contributed by atoms with Crippen LogP contribution in [-0.2, 0) is 23.8 Å². The van der Waals surface area contributed by atoms with Crippen LogP contribution in [0.3, 0.4) is 0 Å². The fraction of sp³-hybridized carbons (Fsp3) is 0.902. The van der Waals surface area contributed by atoms with Crippen LogP contribution in [0.1, 0.15) is 329 Å². The molecule has 0 radical (unpaired) electrons. The summed E-state index contributed by atoms with van der Waals surface area (Å²) in [5.74, 6) is -0.387. The van der Waals surface area contributed by atoms with E-state index in [9.17, 15) is 9.59 Å². The van der Waals surface area contributed by atoms with Crippen molar-refractivity contribution < 1.29 is 23.8 Å². The smallest absolute Gasteiger partial charge is 0.306 e. The molecule has 5 heteroatoms. The van der Waals surface area contributed by atoms with Crippen molar-refractivity contribution >= 4 is 11.9 Å². The first-order valence-electron chi connectivity index (χ1n) is 29.9. The average Bonchev–Trinajstić information content (AvgIpc) is 3.32. The monoisotopic (exact) mass is 929 g/mol. The van der Waals surface area contributed by atoms with E-state index in [0.717, 1.165) is 44.9 Å². The number of carbonyl (C=O) groups excluding carboxylic acids is 2. The molecule has 1 atom stereocenters. The second-order valence-electron chi connectivity index (χ2n) is 20.3. The van der Waals surface area contributed by atoms with E-state index in [1.54, 1.807) is 0 Å². The lowest BCUT2D eigenvalue weighted by molar-refractivity contribution is -0.163. The van der Waals surface area contributed by atoms with Gasteiger partial charge in [-0.3, -0.25) is 9.59 Å². The van der Waals surface area contributed by atoms with Gasteiger partial charge in [-0.2, -0.15) is 0 Å². The van der Waals surface area contributed by atoms with E-state index < -0.39 is 6.10 Å². The van der Waals surface area contributed by atoms with Crippen LogP contribution in [0.2, 0.25) is 0 Å². The largest absolute Gasteiger partial charge is 0.462 e. The lowest BCUT2D eigenvalue weighted by atomic mass is 10.0. The van der Waals surface area contributed by atoms with Crippen molar-refractivity contribution in [1.29, 1.82) is 0 Å². The van der Waals surface area contributed by atoms with Crippen molar-refractivity contribution in [2.24, 2.45) is 0 Å². The van der Waals surface area contributed by atoms with Crippen molar-refractivity contribution in [3.8, 4) is 0 Å². The van der Waals surface area contributed by atoms with Crippen LogP contribution in [0.15, 0.2) is 24.3 Å². The molecule has 0 aliphatic rings. The zero-order valence-corrected chi connectivity index (χ0v) is 45.0. The van der Waals surface area contributed by atoms with Crippen LogP contribution in [-0.4, -0.2) is 37.9 Å². The maximum atomic E-state index is 12.8. The van der Waals surface area contributed by atoms with Gasteiger partial charge in [0.05, 0.1) is 6.61 Å². The normalized spacial score (nSPS) is 12.2. The number of hydrogen-bond donors (Lipinski definition) is 0. The molecule has 0 rings (SSSR count). The number of allylic oxidation sites excluding steroid dienone is 4. The van der Waals surface area contributed by atoms with Gasteiger partial charge in [-0.05, 0) is 64.2 Å². The topological polar surface area (TPSA) is 61.8 Å². The lowest BCUT2D eigenvalue weighted by Crippen LogP contribution is -2.30. The molecule has 0 heterocycles. The molecule has 0 bridgehead atoms. The molecular formula is C61H116O5. The summed E-state index contributed by atoms with van der Waals surface area (Å²) in [6, 6.07) is 0. The Hall–Kier alpha value is -1.62. The number of unbranched alkanes of at least 4 members (excludes halogenated alkanes) is 41. The number of carbonyl (C=O) groups is 2. The third-order valence-corrected chi connectivity index (χ3v) is 13.5. The van der Waals surface area contributed by atoms with E-state index >= 15 is 0 Å². The SMILES string of the molecule is CCCC/C=C\CCCCCCCC(=O)OC(COCCCCCCCCCCCC/C=C\CCCCCCCC)COC(=O)CCCCCCCCCCCCCCCCCCCCC. The summed E-state index contributed by atoms with van der Waals surface area (Å²) in [4.78, 5) is 25.5. The highest BCUT2D eigenvalue weighted by Crippen LogP contribution is 2.17. The molecule has 0 saturated heterocycles. The minimum atomic E-state index is -0.535. The summed E-state index contributed by atoms with van der Waals surface area (Å²) in [6.07, 6.45) is 69.2. The predicted molar refractivity (Wildman–Crippen MR) is 289 cm³/mol. The first-order valence-corrected chi connectivity index (χ1v) is 29.9. The average molecular weight is 930 g/mol. The van der Waals surface area contributed by atoms with Crippen LogP contribution in [0, 0.1) is 0 Å². The van der Waals surface area contributed by atoms with E-state index in [1.165, 1.54) is 250 Å². The third-order valence-electron chi connectivity index (χ3n) is 13.5. The molecular weight excluding hydrogens is 813 g/mol. The minimum Gasteiger partial charge on any atom is -0.462 e. The maximum absolute atomic E-state index is 12.8. The maximum Gasteiger partial charge on any atom is 0.306 e. The Morgan fingerprint density at radius 3 is 0.970 bits per heavy atom. The number of hydrogen-bond acceptors (Lipinski definition) is 5. The quantitative estimate of drug-likeness (QED) is 0.0345. The molecule has 1 unspecified atom stereocenters. The number of rotatable bonds is 56. The first-order chi connectivity index (χ1) is 32.6. The Balaban J connectivity index is 4.14. The zero-order chi connectivity index (χ0) is 47.7. The van der Waals surface area contributed by atoms with Gasteiger partial charge in [0.2, 0.25) is 0 Å². The summed E-state index contributed by atoms with van der Waals surface area (Å²) < 4.78 is 17.5. The Morgan fingerprint density at radius 2 is 0.606 bits per heavy atom. The Kier molecular flexibility index (Phi) is 56.3. The highest BCUT2D eigenvalue weighted by Gasteiger charge is 2.17. The lowest BCUT2D eigenvalue weighted by Gasteiger charge is -2.18. The van der Waals surface area contributed by atoms with Crippen LogP contribution in [0.5, 0.6) is 0 Å². The van der Waals surface area contributed by atoms with E-state index in [0.29, 0.717) is 26.1 Å². The van der Waals surface area contributed by atoms with Crippen LogP contribution in [0.25, 0.3) is 0 Å². The standard InChI is InChI=1S/C61H116O5/c1-4-7-10-13-16-19-22-24-26-28-30-32-34-36-38-41-44-47-50-53-56-64-57-59(66-61(63)55-52-49-46-43-39-21-18-15-12-9-6-3)58-65-60(62)54-51-48-45-42-40-37-35-33-31-29-27-25-23-20-17-14-11-8-5-2/h15,18,24,26,59H,4-14,16-17,19-23,25,27-58H2,1-3H3/b18-15-,26-24-. The van der Waals surface area contributed by atoms with Crippen molar-refractivity contribution in [3.63, 3.8) is 0 Å². The van der Waals surface area contributed by atoms with Gasteiger partial charge in [-0.1, -0.05) is 276 Å². The molecule has 0 aromatic rings. The molecule has 0 fully saturated rings. The molecule has 5 nitrogen and oxygen atoms in total. The second kappa shape index (κ2) is 57.7. The first kappa shape index (κ1) is 64.4. The fourth-order valence-electron chi connectivity index (χ4n) is 8.96. The van der Waals surface area contributed by atoms with Crippen LogP contribution >= 0.6 is 0 Å². The van der Waals surface area contributed by atoms with Gasteiger partial charge in [0, 0.05) is 19.4 Å². The minimum absolute atomic E-state index is 0.0887. The number of ether oxygens (including phenoxy) is 3. The van der Waals surface area contributed by atoms with Gasteiger partial charge in [0.15, 0.2) is 6.10 Å². The Morgan fingerprint density at radius 1 is 0.318 bits per heavy atom. The molecule has 0 spiro atoms. The third kappa shape index (κ3) is 55.0. The van der Waals surface area contributed by atoms with Crippen molar-refractivity contribution in [3.05, 3.63) is 24.3 Å². The van der Waals surface area contributed by atoms with E-state index in [4.69, 9.17) is 14.2 Å². The molecule has 0 saturated carbocycles. The predicted octanol–water partition coefficient (Wildman–Crippen LogP) is 20.4. The summed E-state index contributed by atoms with van der Waals surface area (Å²) in [5, 5.41) is 0. The summed E-state index contributed by atoms with van der Waals surface area (Å²) >= 11 is 0. The van der Waals surface area contributed by atoms with E-state index in [1.807, 2.05) is 0 Å². The molecule has 66 heavy (non-hydrogen) atoms. The van der Waals surface area contributed by atoms with Crippen LogP contribution < -0.4 is 0 Å². The highest BCUT2D eigenvalue weighted by atomic mass is 16.6. The molecule has 0 aliphatic heterocycles. The van der Waals surface area contributed by atoms with Crippen molar-refractivity contribution in [1.82, 2.24) is 0 Å². The summed E-state index contributed by atoms with van der Waals surface area (Å²) in [6.45, 7) is 7.85. The van der Waals surface area contributed by atoms with E-state index in [-0.39, 0.29) is 18.5 Å². The molecule has 390 valence electrons. The van der Waals surface area contributed by atoms with Gasteiger partial charge in [0.25, 0.3) is 0 Å². The molecule has 0 amide bonds. The van der Waals surface area contributed by atoms with Gasteiger partial charge >= 0.3 is 11.9 Å². The Labute approximate surface area is 413 Å². The van der Waals surface area contributed by atoms with Gasteiger partial charge in [-0.15, -0.1) is 0 Å². The summed E-state index contributed by atoms with van der Waals surface area (Å²) in [5.41, 5.74) is 0. The van der Waals surface area contributed by atoms with Gasteiger partial charge in [-0.25, -0.2) is 0 Å². The number of esters is 2. The highest BCUT2D eigenvalue weighted by molar-refractivity contribution is 5.70. The fourth-order valence-corrected chi connectivity index (χ4v) is 8.96. The second-order valence-corrected chi connectivity index (χ2v) is 20.3. The molecule has 0 N–H and O–H groups in total. The van der Waals surface area contributed by atoms with Crippen LogP contribution in [0.4, 0.5) is 0 Å². The molecule has 0 aromatic carbocycles. The van der Waals surface area contributed by atoms with Gasteiger partial charge < -0.3 is 14.2 Å². The van der Waals surface area contributed by atoms with Crippen molar-refractivity contribution in [2.75, 3.05) is 19.8 Å². The van der Waals surface area contributed by atoms with E-state index in [2.05, 4.69) is 45.1 Å². The Bertz CT molecular complexity index is 1010.